The summed E-state index contributed by atoms with van der Waals surface area (Å²) in [6.45, 7) is 8.75. The molecule has 1 unspecified atom stereocenters. The summed E-state index contributed by atoms with van der Waals surface area (Å²) in [6.07, 6.45) is 2.39. The lowest BCUT2D eigenvalue weighted by atomic mass is 9.96. The van der Waals surface area contributed by atoms with E-state index in [0.717, 1.165) is 49.3 Å². The Hall–Kier alpha value is -3.43. The number of fused-ring (bicyclic) bond motifs is 1. The normalized spacial score (nSPS) is 20.7. The molecule has 3 aliphatic heterocycles. The first-order valence-corrected chi connectivity index (χ1v) is 13.9. The van der Waals surface area contributed by atoms with Gasteiger partial charge in [0.2, 0.25) is 12.7 Å². The minimum absolute atomic E-state index is 0.0183. The molecule has 2 aromatic rings. The van der Waals surface area contributed by atoms with Crippen LogP contribution in [0.4, 0.5) is 0 Å². The van der Waals surface area contributed by atoms with Crippen LogP contribution in [0, 0.1) is 19.8 Å². The quantitative estimate of drug-likeness (QED) is 0.519. The van der Waals surface area contributed by atoms with E-state index in [4.69, 9.17) is 19.3 Å². The Labute approximate surface area is 229 Å². The van der Waals surface area contributed by atoms with Crippen molar-refractivity contribution in [3.8, 4) is 11.5 Å². The number of hydrogen-bond donors (Lipinski definition) is 0. The average Bonchev–Trinajstić information content (AvgIpc) is 3.53. The van der Waals surface area contributed by atoms with Crippen molar-refractivity contribution in [2.45, 2.75) is 39.2 Å². The van der Waals surface area contributed by atoms with Crippen LogP contribution < -0.4 is 9.47 Å². The van der Waals surface area contributed by atoms with Gasteiger partial charge in [0.1, 0.15) is 6.54 Å². The second-order valence-electron chi connectivity index (χ2n) is 10.9. The molecule has 0 N–H and O–H groups in total. The Morgan fingerprint density at radius 3 is 2.56 bits per heavy atom. The maximum absolute atomic E-state index is 13.9. The van der Waals surface area contributed by atoms with E-state index in [9.17, 15) is 9.59 Å². The molecule has 1 atom stereocenters. The number of ether oxygens (including phenoxy) is 3. The second-order valence-corrected chi connectivity index (χ2v) is 10.9. The van der Waals surface area contributed by atoms with Crippen LogP contribution in [0.2, 0.25) is 0 Å². The zero-order chi connectivity index (χ0) is 26.9. The number of rotatable bonds is 8. The molecule has 1 aliphatic carbocycles. The van der Waals surface area contributed by atoms with E-state index in [1.165, 1.54) is 11.1 Å². The average molecular weight is 533 g/mol. The molecule has 9 nitrogen and oxygen atoms in total. The van der Waals surface area contributed by atoms with Crippen molar-refractivity contribution < 1.29 is 23.8 Å². The van der Waals surface area contributed by atoms with Crippen LogP contribution in [-0.4, -0.2) is 85.1 Å². The van der Waals surface area contributed by atoms with Gasteiger partial charge < -0.3 is 19.1 Å². The van der Waals surface area contributed by atoms with Crippen LogP contribution in [0.1, 0.15) is 47.6 Å². The van der Waals surface area contributed by atoms with Gasteiger partial charge >= 0.3 is 0 Å². The number of amides is 2. The highest BCUT2D eigenvalue weighted by molar-refractivity contribution is 6.03. The number of carbonyl (C=O) groups is 2. The monoisotopic (exact) mass is 532 g/mol. The molecular formula is C30H36N4O5. The van der Waals surface area contributed by atoms with Crippen LogP contribution in [0.15, 0.2) is 41.5 Å². The highest BCUT2D eigenvalue weighted by atomic mass is 16.7. The molecule has 1 saturated carbocycles. The number of morpholine rings is 1. The Morgan fingerprint density at radius 2 is 1.79 bits per heavy atom. The van der Waals surface area contributed by atoms with Crippen molar-refractivity contribution in [1.29, 1.82) is 0 Å². The fourth-order valence-corrected chi connectivity index (χ4v) is 5.39. The van der Waals surface area contributed by atoms with Gasteiger partial charge in [-0.15, -0.1) is 0 Å². The summed E-state index contributed by atoms with van der Waals surface area (Å²) in [5.41, 5.74) is 5.21. The van der Waals surface area contributed by atoms with Crippen LogP contribution in [0.25, 0.3) is 0 Å². The molecule has 2 amide bonds. The summed E-state index contributed by atoms with van der Waals surface area (Å²) in [7, 11) is 0. The Bertz CT molecular complexity index is 1280. The van der Waals surface area contributed by atoms with Crippen molar-refractivity contribution in [1.82, 2.24) is 14.8 Å². The van der Waals surface area contributed by atoms with Crippen LogP contribution in [0.5, 0.6) is 11.5 Å². The van der Waals surface area contributed by atoms with E-state index in [2.05, 4.69) is 36.9 Å². The summed E-state index contributed by atoms with van der Waals surface area (Å²) >= 11 is 0. The maximum Gasteiger partial charge on any atom is 0.262 e. The topological polar surface area (TPSA) is 83.9 Å². The molecule has 3 heterocycles. The lowest BCUT2D eigenvalue weighted by molar-refractivity contribution is -0.142. The zero-order valence-electron chi connectivity index (χ0n) is 22.7. The molecule has 1 saturated heterocycles. The predicted octanol–water partition coefficient (Wildman–Crippen LogP) is 3.28. The summed E-state index contributed by atoms with van der Waals surface area (Å²) in [5.74, 6) is 1.33. The van der Waals surface area contributed by atoms with Crippen LogP contribution in [-0.2, 0) is 14.3 Å². The maximum atomic E-state index is 13.9. The molecule has 0 bridgehead atoms. The molecule has 0 spiro atoms. The van der Waals surface area contributed by atoms with E-state index in [1.54, 1.807) is 9.91 Å². The van der Waals surface area contributed by atoms with Gasteiger partial charge in [0.25, 0.3) is 5.91 Å². The summed E-state index contributed by atoms with van der Waals surface area (Å²) in [6, 6.07) is 11.8. The van der Waals surface area contributed by atoms with Crippen molar-refractivity contribution in [3.05, 3.63) is 58.7 Å². The van der Waals surface area contributed by atoms with Gasteiger partial charge in [0.15, 0.2) is 11.5 Å². The fraction of sp³-hybridized carbons (Fsp3) is 0.500. The van der Waals surface area contributed by atoms with Gasteiger partial charge in [-0.25, -0.2) is 5.01 Å². The lowest BCUT2D eigenvalue weighted by Gasteiger charge is -2.31. The smallest absolute Gasteiger partial charge is 0.262 e. The standard InChI is InChI=1S/C30H36N4O5/c1-20-3-4-23(15-21(20)2)25-17-26(24-7-8-27-28(16-24)39-19-38-27)34(31-25)29(35)18-33(30(36)22-5-6-22)10-9-32-11-13-37-14-12-32/h3-4,7-8,15-16,22,26H,5-6,9-14,17-19H2,1-2H3. The van der Waals surface area contributed by atoms with Crippen molar-refractivity contribution in [2.75, 3.05) is 52.7 Å². The molecule has 6 rings (SSSR count). The number of nitrogens with zero attached hydrogens (tertiary/aromatic N) is 4. The highest BCUT2D eigenvalue weighted by Crippen LogP contribution is 2.39. The minimum Gasteiger partial charge on any atom is -0.454 e. The third-order valence-electron chi connectivity index (χ3n) is 8.14. The number of carbonyl (C=O) groups excluding carboxylic acids is 2. The van der Waals surface area contributed by atoms with Gasteiger partial charge in [0.05, 0.1) is 25.0 Å². The zero-order valence-corrected chi connectivity index (χ0v) is 22.7. The summed E-state index contributed by atoms with van der Waals surface area (Å²) in [5, 5.41) is 6.45. The molecule has 9 heteroatoms. The summed E-state index contributed by atoms with van der Waals surface area (Å²) in [4.78, 5) is 31.2. The predicted molar refractivity (Wildman–Crippen MR) is 146 cm³/mol. The fourth-order valence-electron chi connectivity index (χ4n) is 5.39. The van der Waals surface area contributed by atoms with Crippen LogP contribution in [0.3, 0.4) is 0 Å². The van der Waals surface area contributed by atoms with E-state index >= 15 is 0 Å². The second kappa shape index (κ2) is 11.0. The van der Waals surface area contributed by atoms with Gasteiger partial charge in [-0.1, -0.05) is 18.2 Å². The first-order chi connectivity index (χ1) is 19.0. The Balaban J connectivity index is 1.25. The third-order valence-corrected chi connectivity index (χ3v) is 8.14. The number of aryl methyl sites for hydroxylation is 2. The minimum atomic E-state index is -0.291. The van der Waals surface area contributed by atoms with E-state index in [-0.39, 0.29) is 37.1 Å². The molecule has 4 aliphatic rings. The SMILES string of the molecule is Cc1ccc(C2=NN(C(=O)CN(CCN3CCOCC3)C(=O)C3CC3)C(c3ccc4c(c3)OCO4)C2)cc1C. The lowest BCUT2D eigenvalue weighted by Crippen LogP contribution is -2.47. The van der Waals surface area contributed by atoms with Gasteiger partial charge in [-0.05, 0) is 67.1 Å². The molecule has 2 fully saturated rings. The number of hydrazone groups is 1. The molecule has 0 radical (unpaired) electrons. The van der Waals surface area contributed by atoms with Gasteiger partial charge in [-0.2, -0.15) is 5.10 Å². The third kappa shape index (κ3) is 5.65. The largest absolute Gasteiger partial charge is 0.454 e. The van der Waals surface area contributed by atoms with Crippen molar-refractivity contribution in [3.63, 3.8) is 0 Å². The van der Waals surface area contributed by atoms with Gasteiger partial charge in [0, 0.05) is 38.5 Å². The number of benzene rings is 2. The van der Waals surface area contributed by atoms with Crippen molar-refractivity contribution in [2.24, 2.45) is 11.0 Å². The van der Waals surface area contributed by atoms with E-state index < -0.39 is 0 Å². The first kappa shape index (κ1) is 25.8. The molecule has 206 valence electrons. The summed E-state index contributed by atoms with van der Waals surface area (Å²) < 4.78 is 16.6. The van der Waals surface area contributed by atoms with Crippen molar-refractivity contribution >= 4 is 17.5 Å². The molecule has 39 heavy (non-hydrogen) atoms. The van der Waals surface area contributed by atoms with Crippen LogP contribution >= 0.6 is 0 Å². The first-order valence-electron chi connectivity index (χ1n) is 13.9. The van der Waals surface area contributed by atoms with E-state index in [1.807, 2.05) is 18.2 Å². The van der Waals surface area contributed by atoms with Gasteiger partial charge in [-0.3, -0.25) is 14.5 Å². The van der Waals surface area contributed by atoms with E-state index in [0.29, 0.717) is 37.7 Å². The molecule has 0 aromatic heterocycles. The number of hydrogen-bond acceptors (Lipinski definition) is 7. The Morgan fingerprint density at radius 1 is 1.00 bits per heavy atom. The molecular weight excluding hydrogens is 496 g/mol. The Kier molecular flexibility index (Phi) is 7.27. The highest BCUT2D eigenvalue weighted by Gasteiger charge is 2.38. The molecule has 2 aromatic carbocycles.